The number of esters is 1. The van der Waals surface area contributed by atoms with Gasteiger partial charge in [-0.1, -0.05) is 65.0 Å². The highest BCUT2D eigenvalue weighted by Crippen LogP contribution is 2.41. The molecule has 0 saturated heterocycles. The molecule has 124 valence electrons. The second-order valence-electron chi connectivity index (χ2n) is 7.44. The molecule has 0 aromatic heterocycles. The normalized spacial score (nSPS) is 12.2. The third-order valence-corrected chi connectivity index (χ3v) is 4.57. The first-order valence-corrected chi connectivity index (χ1v) is 8.00. The Morgan fingerprint density at radius 3 is 2.27 bits per heavy atom. The maximum absolute atomic E-state index is 11.6. The number of benzene rings is 1. The highest BCUT2D eigenvalue weighted by atomic mass is 16.6. The second-order valence-corrected chi connectivity index (χ2v) is 7.44. The molecule has 0 N–H and O–H groups in total. The van der Waals surface area contributed by atoms with Crippen LogP contribution in [0.2, 0.25) is 0 Å². The smallest absolute Gasteiger partial charge is 0.332 e. The summed E-state index contributed by atoms with van der Waals surface area (Å²) in [5.41, 5.74) is 1.53. The molecule has 0 fully saturated rings. The maximum atomic E-state index is 11.6. The van der Waals surface area contributed by atoms with Crippen LogP contribution in [0.1, 0.15) is 53.0 Å². The monoisotopic (exact) mass is 306 g/mol. The summed E-state index contributed by atoms with van der Waals surface area (Å²) in [6, 6.07) is 9.80. The van der Waals surface area contributed by atoms with Gasteiger partial charge in [-0.05, 0) is 29.2 Å². The molecule has 0 spiro atoms. The van der Waals surface area contributed by atoms with Crippen LogP contribution in [0.4, 0.5) is 0 Å². The predicted octanol–water partition coefficient (Wildman–Crippen LogP) is 4.60. The van der Waals surface area contributed by atoms with E-state index in [2.05, 4.69) is 34.6 Å². The maximum Gasteiger partial charge on any atom is 0.332 e. The topological polar surface area (TPSA) is 35.5 Å². The lowest BCUT2D eigenvalue weighted by Gasteiger charge is -2.39. The van der Waals surface area contributed by atoms with Crippen molar-refractivity contribution in [2.75, 3.05) is 13.2 Å². The number of carbonyl (C=O) groups is 1. The van der Waals surface area contributed by atoms with Crippen molar-refractivity contribution in [3.05, 3.63) is 35.9 Å². The summed E-state index contributed by atoms with van der Waals surface area (Å²) < 4.78 is 10.6. The number of rotatable bonds is 8. The Labute approximate surface area is 135 Å². The van der Waals surface area contributed by atoms with Crippen LogP contribution in [-0.4, -0.2) is 19.2 Å². The fourth-order valence-corrected chi connectivity index (χ4v) is 1.94. The van der Waals surface area contributed by atoms with Crippen LogP contribution in [-0.2, 0) is 20.9 Å². The number of hydrogen-bond acceptors (Lipinski definition) is 3. The molecule has 0 radical (unpaired) electrons. The lowest BCUT2D eigenvalue weighted by molar-refractivity contribution is -0.149. The Balaban J connectivity index is 2.14. The van der Waals surface area contributed by atoms with Crippen LogP contribution in [0, 0.1) is 10.8 Å². The van der Waals surface area contributed by atoms with Crippen LogP contribution in [0.15, 0.2) is 30.3 Å². The second kappa shape index (κ2) is 8.33. The van der Waals surface area contributed by atoms with Gasteiger partial charge in [0.1, 0.15) is 6.61 Å². The third-order valence-electron chi connectivity index (χ3n) is 4.57. The van der Waals surface area contributed by atoms with Gasteiger partial charge in [0.15, 0.2) is 0 Å². The van der Waals surface area contributed by atoms with E-state index in [1.165, 1.54) is 0 Å². The highest BCUT2D eigenvalue weighted by Gasteiger charge is 2.31. The van der Waals surface area contributed by atoms with E-state index >= 15 is 0 Å². The Kier molecular flexibility index (Phi) is 7.08. The van der Waals surface area contributed by atoms with E-state index in [0.717, 1.165) is 18.4 Å². The van der Waals surface area contributed by atoms with Gasteiger partial charge in [0.25, 0.3) is 0 Å². The molecule has 3 nitrogen and oxygen atoms in total. The lowest BCUT2D eigenvalue weighted by atomic mass is 9.67. The Hall–Kier alpha value is -1.35. The Morgan fingerprint density at radius 1 is 1.05 bits per heavy atom. The summed E-state index contributed by atoms with van der Waals surface area (Å²) >= 11 is 0. The summed E-state index contributed by atoms with van der Waals surface area (Å²) in [6.45, 7) is 12.2. The largest absolute Gasteiger partial charge is 0.464 e. The SMILES string of the molecule is CC(C)(C)C(C)(C)CCCOC(=O)COCc1ccccc1. The van der Waals surface area contributed by atoms with Gasteiger partial charge in [0.05, 0.1) is 13.2 Å². The molecule has 0 amide bonds. The molecule has 3 heteroatoms. The van der Waals surface area contributed by atoms with Crippen LogP contribution >= 0.6 is 0 Å². The first kappa shape index (κ1) is 18.7. The molecule has 0 heterocycles. The van der Waals surface area contributed by atoms with Gasteiger partial charge in [-0.25, -0.2) is 4.79 Å². The highest BCUT2D eigenvalue weighted by molar-refractivity contribution is 5.70. The molecule has 0 bridgehead atoms. The van der Waals surface area contributed by atoms with Crippen molar-refractivity contribution in [2.24, 2.45) is 10.8 Å². The van der Waals surface area contributed by atoms with Crippen molar-refractivity contribution in [1.82, 2.24) is 0 Å². The van der Waals surface area contributed by atoms with Gasteiger partial charge in [-0.2, -0.15) is 0 Å². The van der Waals surface area contributed by atoms with Crippen LogP contribution in [0.5, 0.6) is 0 Å². The zero-order valence-corrected chi connectivity index (χ0v) is 14.6. The summed E-state index contributed by atoms with van der Waals surface area (Å²) in [5, 5.41) is 0. The molecular formula is C19H30O3. The third kappa shape index (κ3) is 6.61. The summed E-state index contributed by atoms with van der Waals surface area (Å²) in [4.78, 5) is 11.6. The lowest BCUT2D eigenvalue weighted by Crippen LogP contribution is -2.30. The number of carbonyl (C=O) groups excluding carboxylic acids is 1. The predicted molar refractivity (Wildman–Crippen MR) is 89.5 cm³/mol. The van der Waals surface area contributed by atoms with E-state index in [4.69, 9.17) is 9.47 Å². The van der Waals surface area contributed by atoms with E-state index in [0.29, 0.717) is 13.2 Å². The average Bonchev–Trinajstić information content (AvgIpc) is 2.43. The fourth-order valence-electron chi connectivity index (χ4n) is 1.94. The van der Waals surface area contributed by atoms with E-state index in [-0.39, 0.29) is 23.4 Å². The molecule has 0 unspecified atom stereocenters. The molecule has 1 aromatic carbocycles. The van der Waals surface area contributed by atoms with Crippen molar-refractivity contribution in [2.45, 2.75) is 54.1 Å². The van der Waals surface area contributed by atoms with E-state index in [1.54, 1.807) is 0 Å². The van der Waals surface area contributed by atoms with Gasteiger partial charge in [0, 0.05) is 0 Å². The molecule has 0 atom stereocenters. The van der Waals surface area contributed by atoms with Crippen LogP contribution in [0.25, 0.3) is 0 Å². The molecule has 22 heavy (non-hydrogen) atoms. The van der Waals surface area contributed by atoms with Crippen molar-refractivity contribution in [3.63, 3.8) is 0 Å². The van der Waals surface area contributed by atoms with Crippen molar-refractivity contribution in [3.8, 4) is 0 Å². The standard InChI is InChI=1S/C19H30O3/c1-18(2,3)19(4,5)12-9-13-22-17(20)15-21-14-16-10-7-6-8-11-16/h6-8,10-11H,9,12-15H2,1-5H3. The van der Waals surface area contributed by atoms with Crippen molar-refractivity contribution in [1.29, 1.82) is 0 Å². The molecule has 0 aliphatic rings. The molecule has 0 saturated carbocycles. The number of hydrogen-bond donors (Lipinski definition) is 0. The molecule has 1 aromatic rings. The van der Waals surface area contributed by atoms with Gasteiger partial charge < -0.3 is 9.47 Å². The van der Waals surface area contributed by atoms with Gasteiger partial charge in [0.2, 0.25) is 0 Å². The first-order chi connectivity index (χ1) is 10.2. The quantitative estimate of drug-likeness (QED) is 0.520. The Bertz CT molecular complexity index is 443. The Morgan fingerprint density at radius 2 is 1.68 bits per heavy atom. The molecule has 1 rings (SSSR count). The van der Waals surface area contributed by atoms with Gasteiger partial charge >= 0.3 is 5.97 Å². The summed E-state index contributed by atoms with van der Waals surface area (Å²) in [5.74, 6) is -0.288. The number of ether oxygens (including phenoxy) is 2. The minimum absolute atomic E-state index is 0.0115. The van der Waals surface area contributed by atoms with E-state index < -0.39 is 0 Å². The minimum atomic E-state index is -0.288. The molecular weight excluding hydrogens is 276 g/mol. The summed E-state index contributed by atoms with van der Waals surface area (Å²) in [6.07, 6.45) is 1.92. The van der Waals surface area contributed by atoms with Gasteiger partial charge in [-0.15, -0.1) is 0 Å². The van der Waals surface area contributed by atoms with E-state index in [9.17, 15) is 4.79 Å². The van der Waals surface area contributed by atoms with Crippen molar-refractivity contribution >= 4 is 5.97 Å². The average molecular weight is 306 g/mol. The van der Waals surface area contributed by atoms with Crippen LogP contribution < -0.4 is 0 Å². The van der Waals surface area contributed by atoms with Crippen molar-refractivity contribution < 1.29 is 14.3 Å². The molecule has 0 aliphatic carbocycles. The minimum Gasteiger partial charge on any atom is -0.464 e. The zero-order chi connectivity index (χ0) is 16.6. The van der Waals surface area contributed by atoms with Gasteiger partial charge in [-0.3, -0.25) is 0 Å². The fraction of sp³-hybridized carbons (Fsp3) is 0.632. The summed E-state index contributed by atoms with van der Waals surface area (Å²) in [7, 11) is 0. The van der Waals surface area contributed by atoms with Crippen LogP contribution in [0.3, 0.4) is 0 Å². The van der Waals surface area contributed by atoms with E-state index in [1.807, 2.05) is 30.3 Å². The zero-order valence-electron chi connectivity index (χ0n) is 14.6. The first-order valence-electron chi connectivity index (χ1n) is 8.00. The molecule has 0 aliphatic heterocycles.